The molecule has 2 N–H and O–H groups in total. The molecule has 1 aromatic heterocycles. The topological polar surface area (TPSA) is 102 Å². The zero-order valence-electron chi connectivity index (χ0n) is 16.6. The summed E-state index contributed by atoms with van der Waals surface area (Å²) in [7, 11) is 0. The molecule has 0 saturated carbocycles. The fraction of sp³-hybridized carbons (Fsp3) is 0.500. The van der Waals surface area contributed by atoms with Gasteiger partial charge >= 0.3 is 6.03 Å². The summed E-state index contributed by atoms with van der Waals surface area (Å²) in [5.74, 6) is -0.466. The van der Waals surface area contributed by atoms with Gasteiger partial charge in [0.2, 0.25) is 5.91 Å². The second-order valence-electron chi connectivity index (χ2n) is 7.08. The van der Waals surface area contributed by atoms with E-state index in [9.17, 15) is 14.4 Å². The number of nitrogens with one attached hydrogen (secondary N) is 2. The minimum absolute atomic E-state index is 0.0193. The summed E-state index contributed by atoms with van der Waals surface area (Å²) < 4.78 is 7.25. The largest absolute Gasteiger partial charge is 0.376 e. The van der Waals surface area contributed by atoms with Gasteiger partial charge in [0.15, 0.2) is 5.16 Å². The van der Waals surface area contributed by atoms with E-state index < -0.39 is 11.9 Å². The molecule has 8 nitrogen and oxygen atoms in total. The van der Waals surface area contributed by atoms with Crippen LogP contribution in [-0.4, -0.2) is 46.0 Å². The molecule has 9 heteroatoms. The van der Waals surface area contributed by atoms with Crippen molar-refractivity contribution in [2.45, 2.75) is 57.0 Å². The smallest absolute Gasteiger partial charge is 0.321 e. The van der Waals surface area contributed by atoms with Crippen LogP contribution in [0.1, 0.15) is 33.1 Å². The molecule has 2 atom stereocenters. The van der Waals surface area contributed by atoms with Gasteiger partial charge in [-0.05, 0) is 38.3 Å². The molecule has 2 aromatic rings. The van der Waals surface area contributed by atoms with E-state index in [-0.39, 0.29) is 23.5 Å². The molecule has 0 unspecified atom stereocenters. The van der Waals surface area contributed by atoms with E-state index in [1.807, 2.05) is 19.9 Å². The zero-order valence-corrected chi connectivity index (χ0v) is 17.5. The maximum Gasteiger partial charge on any atom is 0.321 e. The highest BCUT2D eigenvalue weighted by atomic mass is 32.2. The number of carbonyl (C=O) groups is 2. The summed E-state index contributed by atoms with van der Waals surface area (Å²) in [5.41, 5.74) is 0.432. The van der Waals surface area contributed by atoms with Gasteiger partial charge in [-0.3, -0.25) is 19.5 Å². The van der Waals surface area contributed by atoms with Gasteiger partial charge in [0.1, 0.15) is 0 Å². The monoisotopic (exact) mass is 418 g/mol. The third-order valence-corrected chi connectivity index (χ3v) is 5.79. The molecule has 1 aromatic carbocycles. The van der Waals surface area contributed by atoms with Crippen LogP contribution in [0.4, 0.5) is 4.79 Å². The SMILES string of the molecule is CC[C@H](C)NC(=O)NC(=O)CSc1nc2ccccc2c(=O)n1C[C@@H]1CCCO1. The summed E-state index contributed by atoms with van der Waals surface area (Å²) in [6, 6.07) is 6.60. The Morgan fingerprint density at radius 1 is 1.38 bits per heavy atom. The number of fused-ring (bicyclic) bond motifs is 1. The van der Waals surface area contributed by atoms with Crippen LogP contribution in [-0.2, 0) is 16.1 Å². The quantitative estimate of drug-likeness (QED) is 0.528. The molecule has 1 saturated heterocycles. The van der Waals surface area contributed by atoms with Crippen molar-refractivity contribution in [1.29, 1.82) is 0 Å². The Morgan fingerprint density at radius 3 is 2.90 bits per heavy atom. The predicted octanol–water partition coefficient (Wildman–Crippen LogP) is 2.29. The van der Waals surface area contributed by atoms with E-state index in [2.05, 4.69) is 15.6 Å². The first-order chi connectivity index (χ1) is 14.0. The minimum atomic E-state index is -0.520. The number of benzene rings is 1. The van der Waals surface area contributed by atoms with Gasteiger partial charge in [0.25, 0.3) is 5.56 Å². The van der Waals surface area contributed by atoms with Crippen LogP contribution in [0.3, 0.4) is 0 Å². The Labute approximate surface area is 173 Å². The van der Waals surface area contributed by atoms with Crippen molar-refractivity contribution in [2.75, 3.05) is 12.4 Å². The molecule has 0 aliphatic carbocycles. The Balaban J connectivity index is 1.75. The average molecular weight is 419 g/mol. The van der Waals surface area contributed by atoms with Gasteiger partial charge in [0.05, 0.1) is 29.3 Å². The van der Waals surface area contributed by atoms with Crippen molar-refractivity contribution in [2.24, 2.45) is 0 Å². The molecule has 3 amide bonds. The number of para-hydroxylation sites is 1. The Bertz CT molecular complexity index is 940. The summed E-state index contributed by atoms with van der Waals surface area (Å²) in [5, 5.41) is 5.97. The first-order valence-corrected chi connectivity index (χ1v) is 10.8. The van der Waals surface area contributed by atoms with E-state index in [1.165, 1.54) is 0 Å². The van der Waals surface area contributed by atoms with Crippen molar-refractivity contribution in [3.8, 4) is 0 Å². The molecular weight excluding hydrogens is 392 g/mol. The second-order valence-corrected chi connectivity index (χ2v) is 8.02. The maximum atomic E-state index is 13.0. The molecule has 29 heavy (non-hydrogen) atoms. The average Bonchev–Trinajstić information content (AvgIpc) is 3.22. The van der Waals surface area contributed by atoms with Gasteiger partial charge in [-0.25, -0.2) is 9.78 Å². The molecule has 0 radical (unpaired) electrons. The van der Waals surface area contributed by atoms with Gasteiger partial charge in [-0.15, -0.1) is 0 Å². The molecule has 3 rings (SSSR count). The third-order valence-electron chi connectivity index (χ3n) is 4.81. The number of hydrogen-bond donors (Lipinski definition) is 2. The van der Waals surface area contributed by atoms with Crippen LogP contribution in [0.25, 0.3) is 10.9 Å². The molecule has 1 fully saturated rings. The fourth-order valence-corrected chi connectivity index (χ4v) is 3.87. The van der Waals surface area contributed by atoms with E-state index in [4.69, 9.17) is 4.74 Å². The summed E-state index contributed by atoms with van der Waals surface area (Å²) in [6.45, 7) is 4.90. The van der Waals surface area contributed by atoms with Gasteiger partial charge in [-0.1, -0.05) is 30.8 Å². The van der Waals surface area contributed by atoms with E-state index in [1.54, 1.807) is 22.8 Å². The van der Waals surface area contributed by atoms with Crippen LogP contribution in [0.15, 0.2) is 34.2 Å². The minimum Gasteiger partial charge on any atom is -0.376 e. The highest BCUT2D eigenvalue weighted by molar-refractivity contribution is 7.99. The number of nitrogens with zero attached hydrogens (tertiary/aromatic N) is 2. The van der Waals surface area contributed by atoms with E-state index >= 15 is 0 Å². The van der Waals surface area contributed by atoms with E-state index in [0.717, 1.165) is 31.0 Å². The van der Waals surface area contributed by atoms with Crippen LogP contribution in [0, 0.1) is 0 Å². The lowest BCUT2D eigenvalue weighted by Gasteiger charge is -2.16. The molecular formula is C20H26N4O4S. The molecule has 0 bridgehead atoms. The number of hydrogen-bond acceptors (Lipinski definition) is 6. The molecule has 156 valence electrons. The van der Waals surface area contributed by atoms with Crippen molar-refractivity contribution < 1.29 is 14.3 Å². The lowest BCUT2D eigenvalue weighted by Crippen LogP contribution is -2.44. The number of ether oxygens (including phenoxy) is 1. The zero-order chi connectivity index (χ0) is 20.8. The Hall–Kier alpha value is -2.39. The first-order valence-electron chi connectivity index (χ1n) is 9.82. The lowest BCUT2D eigenvalue weighted by molar-refractivity contribution is -0.117. The van der Waals surface area contributed by atoms with Crippen molar-refractivity contribution in [3.63, 3.8) is 0 Å². The highest BCUT2D eigenvalue weighted by Gasteiger charge is 2.21. The lowest BCUT2D eigenvalue weighted by atomic mass is 10.2. The van der Waals surface area contributed by atoms with Gasteiger partial charge in [0, 0.05) is 12.6 Å². The molecule has 0 spiro atoms. The fourth-order valence-electron chi connectivity index (χ4n) is 3.07. The summed E-state index contributed by atoms with van der Waals surface area (Å²) >= 11 is 1.14. The molecule has 1 aliphatic heterocycles. The maximum absolute atomic E-state index is 13.0. The number of thioether (sulfide) groups is 1. The van der Waals surface area contributed by atoms with Gasteiger partial charge in [-0.2, -0.15) is 0 Å². The number of carbonyl (C=O) groups excluding carboxylic acids is 2. The van der Waals surface area contributed by atoms with Crippen molar-refractivity contribution in [3.05, 3.63) is 34.6 Å². The van der Waals surface area contributed by atoms with Crippen molar-refractivity contribution in [1.82, 2.24) is 20.2 Å². The summed E-state index contributed by atoms with van der Waals surface area (Å²) in [6.07, 6.45) is 2.59. The Kier molecular flexibility index (Phi) is 7.27. The van der Waals surface area contributed by atoms with Crippen LogP contribution in [0.2, 0.25) is 0 Å². The number of rotatable bonds is 7. The second kappa shape index (κ2) is 9.89. The number of aromatic nitrogens is 2. The third kappa shape index (κ3) is 5.57. The Morgan fingerprint density at radius 2 is 2.17 bits per heavy atom. The summed E-state index contributed by atoms with van der Waals surface area (Å²) in [4.78, 5) is 41.6. The highest BCUT2D eigenvalue weighted by Crippen LogP contribution is 2.20. The predicted molar refractivity (Wildman–Crippen MR) is 112 cm³/mol. The normalized spacial score (nSPS) is 17.2. The van der Waals surface area contributed by atoms with Crippen molar-refractivity contribution >= 4 is 34.6 Å². The number of urea groups is 1. The van der Waals surface area contributed by atoms with Gasteiger partial charge < -0.3 is 10.1 Å². The molecule has 1 aliphatic rings. The first kappa shape index (κ1) is 21.3. The molecule has 2 heterocycles. The van der Waals surface area contributed by atoms with Crippen LogP contribution < -0.4 is 16.2 Å². The van der Waals surface area contributed by atoms with Crippen LogP contribution >= 0.6 is 11.8 Å². The standard InChI is InChI=1S/C20H26N4O4S/c1-3-13(2)21-19(27)23-17(25)12-29-20-22-16-9-5-4-8-15(16)18(26)24(20)11-14-7-6-10-28-14/h4-5,8-9,13-14H,3,6-7,10-12H2,1-2H3,(H2,21,23,25,27)/t13-,14-/m0/s1. The van der Waals surface area contributed by atoms with Crippen LogP contribution in [0.5, 0.6) is 0 Å². The number of imide groups is 1. The van der Waals surface area contributed by atoms with E-state index in [0.29, 0.717) is 29.2 Å². The number of amides is 3.